The number of anilines is 1. The maximum Gasteiger partial charge on any atom is 0.317 e. The Morgan fingerprint density at radius 1 is 1.19 bits per heavy atom. The zero-order chi connectivity index (χ0) is 24.3. The van der Waals surface area contributed by atoms with Crippen molar-refractivity contribution < 1.29 is 21.8 Å². The van der Waals surface area contributed by atoms with E-state index in [1.165, 1.54) is 0 Å². The predicted molar refractivity (Wildman–Crippen MR) is 125 cm³/mol. The van der Waals surface area contributed by atoms with Gasteiger partial charge in [-0.2, -0.15) is 0 Å². The second-order valence-corrected chi connectivity index (χ2v) is 8.36. The normalized spacial score (nSPS) is 15.7. The Bertz CT molecular complexity index is 1090. The summed E-state index contributed by atoms with van der Waals surface area (Å²) in [5.74, 6) is 0.668. The van der Waals surface area contributed by atoms with Crippen LogP contribution in [0.4, 0.5) is 5.69 Å². The Labute approximate surface area is 191 Å². The van der Waals surface area contributed by atoms with Gasteiger partial charge in [0.05, 0.1) is 22.2 Å². The number of benzene rings is 2. The molecule has 4 rings (SSSR count). The molecule has 1 saturated heterocycles. The number of hydrogen-bond acceptors (Lipinski definition) is 5. The number of ether oxygens (including phenoxy) is 1. The average molecular weight is 437 g/mol. The van der Waals surface area contributed by atoms with Gasteiger partial charge in [0.2, 0.25) is 0 Å². The van der Waals surface area contributed by atoms with Gasteiger partial charge in [-0.25, -0.2) is 0 Å². The quantitative estimate of drug-likeness (QED) is 0.494. The van der Waals surface area contributed by atoms with Crippen LogP contribution in [-0.4, -0.2) is 48.3 Å². The monoisotopic (exact) mass is 436 g/mol. The van der Waals surface area contributed by atoms with Crippen LogP contribution in [0.15, 0.2) is 71.3 Å². The van der Waals surface area contributed by atoms with E-state index < -0.39 is 12.5 Å². The summed E-state index contributed by atoms with van der Waals surface area (Å²) in [4.78, 5) is 14.4. The molecule has 0 amide bonds. The van der Waals surface area contributed by atoms with E-state index in [1.54, 1.807) is 23.3 Å². The highest BCUT2D eigenvalue weighted by molar-refractivity contribution is 5.69. The van der Waals surface area contributed by atoms with E-state index in [4.69, 9.17) is 17.0 Å². The van der Waals surface area contributed by atoms with Crippen molar-refractivity contribution in [1.82, 2.24) is 4.90 Å². The van der Waals surface area contributed by atoms with Gasteiger partial charge in [0.15, 0.2) is 0 Å². The molecular formula is C26H30N2O4. The minimum absolute atomic E-state index is 0.0394. The number of para-hydroxylation sites is 1. The highest BCUT2D eigenvalue weighted by atomic mass is 16.5. The Kier molecular flexibility index (Phi) is 6.02. The van der Waals surface area contributed by atoms with E-state index in [1.807, 2.05) is 67.3 Å². The third kappa shape index (κ3) is 5.32. The van der Waals surface area contributed by atoms with Crippen molar-refractivity contribution in [2.45, 2.75) is 26.4 Å². The van der Waals surface area contributed by atoms with Crippen molar-refractivity contribution >= 4 is 11.7 Å². The zero-order valence-corrected chi connectivity index (χ0v) is 18.4. The van der Waals surface area contributed by atoms with Gasteiger partial charge in [-0.05, 0) is 56.3 Å². The van der Waals surface area contributed by atoms with Gasteiger partial charge >= 0.3 is 5.97 Å². The average Bonchev–Trinajstić information content (AvgIpc) is 3.30. The van der Waals surface area contributed by atoms with Gasteiger partial charge in [0, 0.05) is 48.4 Å². The lowest BCUT2D eigenvalue weighted by Crippen LogP contribution is -2.50. The molecule has 32 heavy (non-hydrogen) atoms. The number of nitrogens with zero attached hydrogens (tertiary/aromatic N) is 2. The Morgan fingerprint density at radius 3 is 2.59 bits per heavy atom. The fourth-order valence-electron chi connectivity index (χ4n) is 3.85. The number of rotatable bonds is 10. The van der Waals surface area contributed by atoms with E-state index in [9.17, 15) is 4.79 Å². The molecule has 1 aromatic heterocycles. The molecule has 0 radical (unpaired) electrons. The molecule has 6 heteroatoms. The molecule has 0 bridgehead atoms. The third-order valence-corrected chi connectivity index (χ3v) is 5.46. The molecule has 0 unspecified atom stereocenters. The number of carbonyl (C=O) groups is 1. The molecule has 1 aliphatic rings. The molecule has 0 saturated carbocycles. The van der Waals surface area contributed by atoms with E-state index >= 15 is 0 Å². The number of aliphatic carboxylic acids is 1. The Hall–Kier alpha value is -3.25. The van der Waals surface area contributed by atoms with Gasteiger partial charge in [-0.15, -0.1) is 0 Å². The van der Waals surface area contributed by atoms with Crippen molar-refractivity contribution in [3.05, 3.63) is 72.5 Å². The topological polar surface area (TPSA) is 66.2 Å². The van der Waals surface area contributed by atoms with Crippen molar-refractivity contribution in [1.29, 1.82) is 0 Å². The van der Waals surface area contributed by atoms with Crippen molar-refractivity contribution in [2.75, 3.05) is 31.1 Å². The lowest BCUT2D eigenvalue weighted by molar-refractivity contribution is -0.140. The van der Waals surface area contributed by atoms with Gasteiger partial charge in [0.1, 0.15) is 11.5 Å². The van der Waals surface area contributed by atoms with Gasteiger partial charge in [0.25, 0.3) is 0 Å². The summed E-state index contributed by atoms with van der Waals surface area (Å²) in [6.45, 7) is 3.90. The van der Waals surface area contributed by atoms with E-state index in [0.717, 1.165) is 17.0 Å². The van der Waals surface area contributed by atoms with E-state index in [2.05, 4.69) is 0 Å². The molecular weight excluding hydrogens is 404 g/mol. The van der Waals surface area contributed by atoms with Crippen LogP contribution in [0.5, 0.6) is 5.75 Å². The van der Waals surface area contributed by atoms with Crippen LogP contribution in [0.2, 0.25) is 0 Å². The summed E-state index contributed by atoms with van der Waals surface area (Å²) in [5, 5.41) is 8.90. The highest BCUT2D eigenvalue weighted by Gasteiger charge is 2.28. The van der Waals surface area contributed by atoms with Crippen LogP contribution in [0.25, 0.3) is 11.3 Å². The number of likely N-dealkylation sites (tertiary alicyclic amines) is 1. The maximum absolute atomic E-state index is 10.8. The number of carboxylic acid groups (broad SMARTS) is 1. The van der Waals surface area contributed by atoms with Crippen LogP contribution >= 0.6 is 0 Å². The highest BCUT2D eigenvalue weighted by Crippen LogP contribution is 2.28. The lowest BCUT2D eigenvalue weighted by atomic mass is 10.0. The standard InChI is InChI=1S/C26H30N2O4/c1-19(2)28(23-11-9-21(10-12-23)24-8-5-13-31-24)16-22-6-3-4-7-25(22)32-18-20-14-27(15-20)17-26(29)30/h3-13,19-20H,14-18H2,1-2H3,(H,29,30)/i16D2. The largest absolute Gasteiger partial charge is 0.493 e. The van der Waals surface area contributed by atoms with Crippen molar-refractivity contribution in [3.8, 4) is 17.1 Å². The van der Waals surface area contributed by atoms with Crippen LogP contribution in [-0.2, 0) is 11.3 Å². The predicted octanol–water partition coefficient (Wildman–Crippen LogP) is 4.76. The number of hydrogen-bond donors (Lipinski definition) is 1. The lowest BCUT2D eigenvalue weighted by Gasteiger charge is -2.38. The first-order chi connectivity index (χ1) is 16.3. The molecule has 1 fully saturated rings. The number of carboxylic acids is 1. The molecule has 3 aromatic rings. The van der Waals surface area contributed by atoms with Crippen LogP contribution in [0, 0.1) is 5.92 Å². The van der Waals surface area contributed by atoms with Crippen LogP contribution in [0.1, 0.15) is 22.2 Å². The van der Waals surface area contributed by atoms with Crippen molar-refractivity contribution in [2.24, 2.45) is 5.92 Å². The molecule has 6 nitrogen and oxygen atoms in total. The fourth-order valence-corrected chi connectivity index (χ4v) is 3.85. The molecule has 0 atom stereocenters. The van der Waals surface area contributed by atoms with Gasteiger partial charge in [-0.3, -0.25) is 9.69 Å². The molecule has 168 valence electrons. The van der Waals surface area contributed by atoms with E-state index in [-0.39, 0.29) is 18.5 Å². The summed E-state index contributed by atoms with van der Waals surface area (Å²) >= 11 is 0. The molecule has 2 heterocycles. The third-order valence-electron chi connectivity index (χ3n) is 5.46. The first-order valence-electron chi connectivity index (χ1n) is 11.9. The minimum Gasteiger partial charge on any atom is -0.493 e. The molecule has 2 aromatic carbocycles. The Balaban J connectivity index is 1.52. The summed E-state index contributed by atoms with van der Waals surface area (Å²) in [5.41, 5.74) is 2.15. The van der Waals surface area contributed by atoms with Gasteiger partial charge in [-0.1, -0.05) is 18.2 Å². The smallest absolute Gasteiger partial charge is 0.317 e. The molecule has 0 spiro atoms. The SMILES string of the molecule is [2H]C([2H])(c1ccccc1OCC1CN(CC(=O)O)C1)N(c1ccc(-c2ccco2)cc1)C(C)C. The summed E-state index contributed by atoms with van der Waals surface area (Å²) in [6.07, 6.45) is 1.63. The second kappa shape index (κ2) is 9.92. The molecule has 0 aliphatic carbocycles. The molecule has 1 N–H and O–H groups in total. The zero-order valence-electron chi connectivity index (χ0n) is 20.4. The summed E-state index contributed by atoms with van der Waals surface area (Å²) < 4.78 is 29.7. The number of furan rings is 1. The first kappa shape index (κ1) is 19.4. The maximum atomic E-state index is 10.8. The van der Waals surface area contributed by atoms with Crippen LogP contribution in [0.3, 0.4) is 0 Å². The fraction of sp³-hybridized carbons (Fsp3) is 0.346. The van der Waals surface area contributed by atoms with Crippen LogP contribution < -0.4 is 9.64 Å². The summed E-state index contributed by atoms with van der Waals surface area (Å²) in [6, 6.07) is 18.5. The van der Waals surface area contributed by atoms with E-state index in [0.29, 0.717) is 31.0 Å². The summed E-state index contributed by atoms with van der Waals surface area (Å²) in [7, 11) is 0. The first-order valence-corrected chi connectivity index (χ1v) is 10.9. The van der Waals surface area contributed by atoms with Crippen molar-refractivity contribution in [3.63, 3.8) is 0 Å². The second-order valence-electron chi connectivity index (χ2n) is 8.36. The minimum atomic E-state index is -1.83. The molecule has 1 aliphatic heterocycles. The van der Waals surface area contributed by atoms with Gasteiger partial charge < -0.3 is 19.2 Å². The Morgan fingerprint density at radius 2 is 1.94 bits per heavy atom.